The maximum atomic E-state index is 5.29. The van der Waals surface area contributed by atoms with Crippen LogP contribution in [0.5, 0.6) is 0 Å². The first kappa shape index (κ1) is 7.38. The second-order valence-electron chi connectivity index (χ2n) is 2.51. The molecule has 2 atom stereocenters. The van der Waals surface area contributed by atoms with Crippen LogP contribution in [0.4, 0.5) is 0 Å². The molecule has 1 aliphatic heterocycles. The second kappa shape index (κ2) is 3.44. The van der Waals surface area contributed by atoms with Crippen LogP contribution in [-0.4, -0.2) is 17.0 Å². The molecule has 0 radical (unpaired) electrons. The predicted octanol–water partition coefficient (Wildman–Crippen LogP) is 0.734. The van der Waals surface area contributed by atoms with E-state index >= 15 is 0 Å². The zero-order chi connectivity index (χ0) is 6.69. The Hall–Kier alpha value is 0.270. The molecule has 0 saturated carbocycles. The molecule has 3 heteroatoms. The van der Waals surface area contributed by atoms with E-state index in [1.54, 1.807) is 0 Å². The van der Waals surface area contributed by atoms with Gasteiger partial charge in [0.1, 0.15) is 0 Å². The maximum Gasteiger partial charge on any atom is 0.0301 e. The van der Waals surface area contributed by atoms with E-state index in [2.05, 4.69) is 12.3 Å². The highest BCUT2D eigenvalue weighted by Crippen LogP contribution is 2.28. The van der Waals surface area contributed by atoms with Gasteiger partial charge in [-0.15, -0.1) is 0 Å². The van der Waals surface area contributed by atoms with E-state index in [9.17, 15) is 0 Å². The lowest BCUT2D eigenvalue weighted by molar-refractivity contribution is 0.535. The summed E-state index contributed by atoms with van der Waals surface area (Å²) in [6.45, 7) is 2.14. The van der Waals surface area contributed by atoms with Gasteiger partial charge in [0, 0.05) is 11.3 Å². The number of hydrogen-bond acceptors (Lipinski definition) is 3. The van der Waals surface area contributed by atoms with Crippen molar-refractivity contribution in [2.45, 2.75) is 31.1 Å². The zero-order valence-electron chi connectivity index (χ0n) is 5.76. The summed E-state index contributed by atoms with van der Waals surface area (Å²) < 4.78 is 0. The lowest BCUT2D eigenvalue weighted by Gasteiger charge is -2.15. The summed E-state index contributed by atoms with van der Waals surface area (Å²) in [5.41, 5.74) is 2.79. The number of hydrazine groups is 1. The van der Waals surface area contributed by atoms with Crippen LogP contribution in [-0.2, 0) is 0 Å². The number of hydrogen-bond donors (Lipinski definition) is 2. The standard InChI is InChI=1S/C6H14N2S/c1-5(8-7)6-3-2-4-9-6/h5-6,8H,2-4,7H2,1H3. The summed E-state index contributed by atoms with van der Waals surface area (Å²) in [5.74, 6) is 6.60. The van der Waals surface area contributed by atoms with Crippen molar-refractivity contribution < 1.29 is 0 Å². The average Bonchev–Trinajstić information content (AvgIpc) is 2.37. The van der Waals surface area contributed by atoms with Gasteiger partial charge in [-0.3, -0.25) is 11.3 Å². The summed E-state index contributed by atoms with van der Waals surface area (Å²) >= 11 is 2.03. The van der Waals surface area contributed by atoms with Crippen molar-refractivity contribution in [2.24, 2.45) is 5.84 Å². The third kappa shape index (κ3) is 1.85. The molecule has 1 saturated heterocycles. The number of thioether (sulfide) groups is 1. The smallest absolute Gasteiger partial charge is 0.0301 e. The van der Waals surface area contributed by atoms with Crippen LogP contribution in [0.3, 0.4) is 0 Å². The van der Waals surface area contributed by atoms with Crippen LogP contribution < -0.4 is 11.3 Å². The normalized spacial score (nSPS) is 30.7. The van der Waals surface area contributed by atoms with Gasteiger partial charge in [0.05, 0.1) is 0 Å². The van der Waals surface area contributed by atoms with Crippen molar-refractivity contribution in [2.75, 3.05) is 5.75 Å². The first-order valence-corrected chi connectivity index (χ1v) is 4.47. The molecule has 54 valence electrons. The molecule has 0 spiro atoms. The number of nitrogens with one attached hydrogen (secondary N) is 1. The molecule has 9 heavy (non-hydrogen) atoms. The van der Waals surface area contributed by atoms with Crippen LogP contribution in [0.2, 0.25) is 0 Å². The quantitative estimate of drug-likeness (QED) is 0.445. The van der Waals surface area contributed by atoms with E-state index in [4.69, 9.17) is 5.84 Å². The van der Waals surface area contributed by atoms with Crippen molar-refractivity contribution >= 4 is 11.8 Å². The highest BCUT2D eigenvalue weighted by Gasteiger charge is 2.20. The molecule has 1 aliphatic rings. The van der Waals surface area contributed by atoms with E-state index in [1.807, 2.05) is 11.8 Å². The fourth-order valence-electron chi connectivity index (χ4n) is 1.10. The fourth-order valence-corrected chi connectivity index (χ4v) is 2.44. The largest absolute Gasteiger partial charge is 0.271 e. The molecule has 0 aromatic rings. The molecule has 2 unspecified atom stereocenters. The molecule has 3 N–H and O–H groups in total. The van der Waals surface area contributed by atoms with Gasteiger partial charge in [0.25, 0.3) is 0 Å². The van der Waals surface area contributed by atoms with Gasteiger partial charge in [0.2, 0.25) is 0 Å². The SMILES string of the molecule is CC(NN)C1CCCS1. The van der Waals surface area contributed by atoms with Crippen LogP contribution in [0.1, 0.15) is 19.8 Å². The fraction of sp³-hybridized carbons (Fsp3) is 1.00. The van der Waals surface area contributed by atoms with E-state index in [1.165, 1.54) is 18.6 Å². The molecular weight excluding hydrogens is 132 g/mol. The highest BCUT2D eigenvalue weighted by atomic mass is 32.2. The van der Waals surface area contributed by atoms with Gasteiger partial charge in [-0.1, -0.05) is 0 Å². The van der Waals surface area contributed by atoms with Gasteiger partial charge in [-0.25, -0.2) is 0 Å². The average molecular weight is 146 g/mol. The lowest BCUT2D eigenvalue weighted by Crippen LogP contribution is -2.39. The third-order valence-electron chi connectivity index (χ3n) is 1.79. The van der Waals surface area contributed by atoms with Gasteiger partial charge in [-0.05, 0) is 25.5 Å². The molecule has 1 rings (SSSR count). The Labute approximate surface area is 60.5 Å². The van der Waals surface area contributed by atoms with Crippen molar-refractivity contribution in [3.63, 3.8) is 0 Å². The highest BCUT2D eigenvalue weighted by molar-refractivity contribution is 8.00. The zero-order valence-corrected chi connectivity index (χ0v) is 6.58. The predicted molar refractivity (Wildman–Crippen MR) is 42.3 cm³/mol. The maximum absolute atomic E-state index is 5.29. The van der Waals surface area contributed by atoms with Crippen LogP contribution in [0.15, 0.2) is 0 Å². The van der Waals surface area contributed by atoms with E-state index in [0.717, 1.165) is 5.25 Å². The first-order valence-electron chi connectivity index (χ1n) is 3.42. The summed E-state index contributed by atoms with van der Waals surface area (Å²) in [7, 11) is 0. The number of nitrogens with two attached hydrogens (primary N) is 1. The first-order chi connectivity index (χ1) is 4.34. The van der Waals surface area contributed by atoms with Crippen LogP contribution in [0.25, 0.3) is 0 Å². The van der Waals surface area contributed by atoms with Gasteiger partial charge >= 0.3 is 0 Å². The molecule has 0 bridgehead atoms. The Morgan fingerprint density at radius 2 is 2.56 bits per heavy atom. The third-order valence-corrected chi connectivity index (χ3v) is 3.38. The molecule has 1 heterocycles. The molecule has 0 amide bonds. The minimum atomic E-state index is 0.484. The molecule has 0 aromatic carbocycles. The van der Waals surface area contributed by atoms with Crippen molar-refractivity contribution in [3.05, 3.63) is 0 Å². The molecule has 1 fully saturated rings. The van der Waals surface area contributed by atoms with E-state index in [0.29, 0.717) is 6.04 Å². The molecule has 0 aromatic heterocycles. The Morgan fingerprint density at radius 3 is 3.00 bits per heavy atom. The minimum Gasteiger partial charge on any atom is -0.271 e. The minimum absolute atomic E-state index is 0.484. The summed E-state index contributed by atoms with van der Waals surface area (Å²) in [6, 6.07) is 0.484. The van der Waals surface area contributed by atoms with Crippen LogP contribution in [0, 0.1) is 0 Å². The van der Waals surface area contributed by atoms with Crippen molar-refractivity contribution in [1.82, 2.24) is 5.43 Å². The summed E-state index contributed by atoms with van der Waals surface area (Å²) in [4.78, 5) is 0. The Morgan fingerprint density at radius 1 is 1.78 bits per heavy atom. The monoisotopic (exact) mass is 146 g/mol. The molecular formula is C6H14N2S. The molecule has 0 aliphatic carbocycles. The topological polar surface area (TPSA) is 38.0 Å². The van der Waals surface area contributed by atoms with Gasteiger partial charge in [0.15, 0.2) is 0 Å². The van der Waals surface area contributed by atoms with E-state index in [-0.39, 0.29) is 0 Å². The second-order valence-corrected chi connectivity index (χ2v) is 3.85. The Bertz CT molecular complexity index is 81.1. The lowest BCUT2D eigenvalue weighted by atomic mass is 10.1. The van der Waals surface area contributed by atoms with Gasteiger partial charge < -0.3 is 0 Å². The molecule has 2 nitrogen and oxygen atoms in total. The van der Waals surface area contributed by atoms with E-state index < -0.39 is 0 Å². The Kier molecular flexibility index (Phi) is 2.82. The van der Waals surface area contributed by atoms with Crippen molar-refractivity contribution in [1.29, 1.82) is 0 Å². The number of rotatable bonds is 2. The Balaban J connectivity index is 2.24. The van der Waals surface area contributed by atoms with Crippen molar-refractivity contribution in [3.8, 4) is 0 Å². The van der Waals surface area contributed by atoms with Gasteiger partial charge in [-0.2, -0.15) is 11.8 Å². The van der Waals surface area contributed by atoms with Crippen LogP contribution >= 0.6 is 11.8 Å². The summed E-state index contributed by atoms with van der Waals surface area (Å²) in [5, 5.41) is 0.759. The summed E-state index contributed by atoms with van der Waals surface area (Å²) in [6.07, 6.45) is 2.69.